The lowest BCUT2D eigenvalue weighted by atomic mass is 9.49. The fourth-order valence-electron chi connectivity index (χ4n) is 8.65. The molecule has 1 N–H and O–H groups in total. The van der Waals surface area contributed by atoms with Crippen molar-refractivity contribution >= 4 is 11.8 Å². The van der Waals surface area contributed by atoms with Crippen LogP contribution in [0.1, 0.15) is 88.9 Å². The molecule has 5 rings (SSSR count). The molecule has 4 aliphatic carbocycles. The van der Waals surface area contributed by atoms with Gasteiger partial charge < -0.3 is 9.84 Å². The molecule has 0 radical (unpaired) electrons. The number of nitrogens with zero attached hydrogens (tertiary/aromatic N) is 2. The molecule has 0 aromatic carbocycles. The van der Waals surface area contributed by atoms with Crippen molar-refractivity contribution in [1.29, 1.82) is 0 Å². The number of Topliss-reactive ketones (excluding diaryl/α,β-unsaturated/α-hetero) is 1. The molecule has 4 fully saturated rings. The zero-order chi connectivity index (χ0) is 23.4. The minimum Gasteiger partial charge on any atom is -0.462 e. The van der Waals surface area contributed by atoms with Crippen molar-refractivity contribution in [3.05, 3.63) is 18.0 Å². The van der Waals surface area contributed by atoms with Gasteiger partial charge in [-0.2, -0.15) is 5.10 Å². The van der Waals surface area contributed by atoms with E-state index in [0.717, 1.165) is 49.9 Å². The van der Waals surface area contributed by atoms with E-state index in [-0.39, 0.29) is 29.6 Å². The highest BCUT2D eigenvalue weighted by Gasteiger charge is 2.58. The maximum atomic E-state index is 13.4. The monoisotopic (exact) mass is 456 g/mol. The summed E-state index contributed by atoms with van der Waals surface area (Å²) in [6, 6.07) is 0. The SMILES string of the molecule is CCOC(=O)c1cnn(CC(=O)C2CCC3C4CCC5CC(C)(O)CCC5C4CCC23C)c1. The van der Waals surface area contributed by atoms with Gasteiger partial charge in [0.05, 0.1) is 30.5 Å². The maximum Gasteiger partial charge on any atom is 0.341 e. The van der Waals surface area contributed by atoms with E-state index >= 15 is 0 Å². The number of ether oxygens (including phenoxy) is 1. The second-order valence-electron chi connectivity index (χ2n) is 12.0. The number of aromatic nitrogens is 2. The lowest BCUT2D eigenvalue weighted by molar-refractivity contribution is -0.133. The van der Waals surface area contributed by atoms with E-state index in [9.17, 15) is 14.7 Å². The molecule has 4 saturated carbocycles. The van der Waals surface area contributed by atoms with Gasteiger partial charge >= 0.3 is 5.97 Å². The van der Waals surface area contributed by atoms with E-state index < -0.39 is 5.60 Å². The Hall–Kier alpha value is -1.69. The number of carbonyl (C=O) groups excluding carboxylic acids is 2. The Morgan fingerprint density at radius 1 is 1.09 bits per heavy atom. The van der Waals surface area contributed by atoms with E-state index in [1.807, 2.05) is 6.92 Å². The third-order valence-corrected chi connectivity index (χ3v) is 10.1. The third-order valence-electron chi connectivity index (χ3n) is 10.1. The summed E-state index contributed by atoms with van der Waals surface area (Å²) in [5.74, 6) is 3.59. The molecule has 0 spiro atoms. The quantitative estimate of drug-likeness (QED) is 0.653. The first-order chi connectivity index (χ1) is 15.7. The van der Waals surface area contributed by atoms with Crippen molar-refractivity contribution in [3.63, 3.8) is 0 Å². The fraction of sp³-hybridized carbons (Fsp3) is 0.815. The summed E-state index contributed by atoms with van der Waals surface area (Å²) in [6.07, 6.45) is 13.3. The predicted octanol–water partition coefficient (Wildman–Crippen LogP) is 4.65. The molecule has 6 heteroatoms. The minimum atomic E-state index is -0.471. The van der Waals surface area contributed by atoms with Gasteiger partial charge in [0, 0.05) is 12.1 Å². The first kappa shape index (κ1) is 23.1. The Labute approximate surface area is 197 Å². The first-order valence-electron chi connectivity index (χ1n) is 13.2. The smallest absolute Gasteiger partial charge is 0.341 e. The van der Waals surface area contributed by atoms with Crippen molar-refractivity contribution in [2.75, 3.05) is 6.61 Å². The Kier molecular flexibility index (Phi) is 5.95. The number of hydrogen-bond acceptors (Lipinski definition) is 5. The number of carbonyl (C=O) groups is 2. The lowest BCUT2D eigenvalue weighted by Crippen LogP contribution is -2.51. The average Bonchev–Trinajstić information content (AvgIpc) is 3.37. The largest absolute Gasteiger partial charge is 0.462 e. The van der Waals surface area contributed by atoms with Gasteiger partial charge in [-0.1, -0.05) is 6.92 Å². The second-order valence-corrected chi connectivity index (χ2v) is 12.0. The van der Waals surface area contributed by atoms with Crippen LogP contribution in [0.15, 0.2) is 12.4 Å². The van der Waals surface area contributed by atoms with Crippen LogP contribution in [0.2, 0.25) is 0 Å². The Morgan fingerprint density at radius 3 is 2.67 bits per heavy atom. The summed E-state index contributed by atoms with van der Waals surface area (Å²) >= 11 is 0. The summed E-state index contributed by atoms with van der Waals surface area (Å²) in [7, 11) is 0. The van der Waals surface area contributed by atoms with E-state index in [0.29, 0.717) is 24.0 Å². The first-order valence-corrected chi connectivity index (χ1v) is 13.2. The number of aliphatic hydroxyl groups is 1. The zero-order valence-electron chi connectivity index (χ0n) is 20.5. The number of esters is 1. The van der Waals surface area contributed by atoms with Crippen LogP contribution >= 0.6 is 0 Å². The molecule has 1 aromatic rings. The van der Waals surface area contributed by atoms with Crippen molar-refractivity contribution in [2.45, 2.75) is 90.7 Å². The molecule has 8 atom stereocenters. The van der Waals surface area contributed by atoms with Crippen LogP contribution in [0.5, 0.6) is 0 Å². The van der Waals surface area contributed by atoms with Gasteiger partial charge in [0.1, 0.15) is 0 Å². The standard InChI is InChI=1S/C27H40N2O4/c1-4-33-25(31)18-14-28-29(15-18)16-24(30)23-8-7-22-21-6-5-17-13-26(2,32)11-9-19(17)20(21)10-12-27(22,23)3/h14-15,17,19-23,32H,4-13,16H2,1-3H3. The molecule has 8 unspecified atom stereocenters. The molecule has 4 aliphatic rings. The Bertz CT molecular complexity index is 908. The summed E-state index contributed by atoms with van der Waals surface area (Å²) in [5, 5.41) is 14.9. The lowest BCUT2D eigenvalue weighted by Gasteiger charge is -2.56. The van der Waals surface area contributed by atoms with Crippen LogP contribution in [0.4, 0.5) is 0 Å². The number of fused-ring (bicyclic) bond motifs is 5. The molecule has 182 valence electrons. The van der Waals surface area contributed by atoms with Crippen molar-refractivity contribution in [1.82, 2.24) is 9.78 Å². The van der Waals surface area contributed by atoms with E-state index in [1.165, 1.54) is 31.9 Å². The van der Waals surface area contributed by atoms with Gasteiger partial charge in [-0.15, -0.1) is 0 Å². The van der Waals surface area contributed by atoms with Gasteiger partial charge in [-0.25, -0.2) is 4.79 Å². The summed E-state index contributed by atoms with van der Waals surface area (Å²) in [4.78, 5) is 25.4. The molecular formula is C27H40N2O4. The number of ketones is 1. The van der Waals surface area contributed by atoms with Crippen LogP contribution in [0.3, 0.4) is 0 Å². The molecule has 0 amide bonds. The Morgan fingerprint density at radius 2 is 1.88 bits per heavy atom. The van der Waals surface area contributed by atoms with Gasteiger partial charge in [-0.05, 0) is 107 Å². The van der Waals surface area contributed by atoms with Crippen LogP contribution < -0.4 is 0 Å². The predicted molar refractivity (Wildman–Crippen MR) is 124 cm³/mol. The van der Waals surface area contributed by atoms with E-state index in [4.69, 9.17) is 4.74 Å². The Balaban J connectivity index is 1.26. The van der Waals surface area contributed by atoms with Crippen LogP contribution in [-0.2, 0) is 16.1 Å². The highest BCUT2D eigenvalue weighted by Crippen LogP contribution is 2.64. The van der Waals surface area contributed by atoms with Crippen LogP contribution in [0.25, 0.3) is 0 Å². The molecule has 33 heavy (non-hydrogen) atoms. The molecule has 0 aliphatic heterocycles. The van der Waals surface area contributed by atoms with Gasteiger partial charge in [-0.3, -0.25) is 9.48 Å². The fourth-order valence-corrected chi connectivity index (χ4v) is 8.65. The summed E-state index contributed by atoms with van der Waals surface area (Å²) in [6.45, 7) is 6.75. The zero-order valence-corrected chi connectivity index (χ0v) is 20.5. The van der Waals surface area contributed by atoms with Crippen molar-refractivity contribution in [3.8, 4) is 0 Å². The van der Waals surface area contributed by atoms with Gasteiger partial charge in [0.15, 0.2) is 5.78 Å². The highest BCUT2D eigenvalue weighted by atomic mass is 16.5. The minimum absolute atomic E-state index is 0.0857. The van der Waals surface area contributed by atoms with E-state index in [2.05, 4.69) is 12.0 Å². The van der Waals surface area contributed by atoms with Crippen LogP contribution in [-0.4, -0.2) is 38.8 Å². The normalized spacial score (nSPS) is 42.2. The molecular weight excluding hydrogens is 416 g/mol. The molecule has 0 saturated heterocycles. The number of hydrogen-bond donors (Lipinski definition) is 1. The summed E-state index contributed by atoms with van der Waals surface area (Å²) < 4.78 is 6.65. The number of rotatable bonds is 5. The van der Waals surface area contributed by atoms with Gasteiger partial charge in [0.25, 0.3) is 0 Å². The highest BCUT2D eigenvalue weighted by molar-refractivity contribution is 5.89. The maximum absolute atomic E-state index is 13.4. The second kappa shape index (κ2) is 8.51. The molecule has 1 heterocycles. The van der Waals surface area contributed by atoms with E-state index in [1.54, 1.807) is 17.8 Å². The van der Waals surface area contributed by atoms with Crippen molar-refractivity contribution < 1.29 is 19.4 Å². The third kappa shape index (κ3) is 4.06. The van der Waals surface area contributed by atoms with Crippen LogP contribution in [0, 0.1) is 40.9 Å². The average molecular weight is 457 g/mol. The summed E-state index contributed by atoms with van der Waals surface area (Å²) in [5.41, 5.74) is 0.0215. The van der Waals surface area contributed by atoms with Crippen molar-refractivity contribution in [2.24, 2.45) is 40.9 Å². The molecule has 0 bridgehead atoms. The topological polar surface area (TPSA) is 81.4 Å². The molecule has 6 nitrogen and oxygen atoms in total. The van der Waals surface area contributed by atoms with Gasteiger partial charge in [0.2, 0.25) is 0 Å². The molecule has 1 aromatic heterocycles.